The number of aromatic hydroxyl groups is 2. The molecule has 0 amide bonds. The van der Waals surface area contributed by atoms with E-state index >= 15 is 0 Å². The average Bonchev–Trinajstić information content (AvgIpc) is 2.42. The zero-order chi connectivity index (χ0) is 16.6. The number of nitrogens with zero attached hydrogens (tertiary/aromatic N) is 1. The second kappa shape index (κ2) is 6.40. The summed E-state index contributed by atoms with van der Waals surface area (Å²) in [4.78, 5) is 2.31. The van der Waals surface area contributed by atoms with Gasteiger partial charge in [-0.25, -0.2) is 0 Å². The van der Waals surface area contributed by atoms with Gasteiger partial charge in [-0.3, -0.25) is 4.90 Å². The predicted molar refractivity (Wildman–Crippen MR) is 93.7 cm³/mol. The number of allylic oxidation sites excluding steroid dienone is 3. The Bertz CT molecular complexity index is 620. The zero-order valence-corrected chi connectivity index (χ0v) is 14.2. The highest BCUT2D eigenvalue weighted by atomic mass is 16.3. The van der Waals surface area contributed by atoms with Crippen LogP contribution in [-0.4, -0.2) is 28.2 Å². The molecule has 0 bridgehead atoms. The van der Waals surface area contributed by atoms with Gasteiger partial charge in [-0.05, 0) is 69.8 Å². The highest BCUT2D eigenvalue weighted by molar-refractivity contribution is 5.51. The Hall–Kier alpha value is -1.74. The molecule has 2 N–H and O–H groups in total. The average molecular weight is 313 g/mol. The van der Waals surface area contributed by atoms with Crippen LogP contribution in [0.5, 0.6) is 11.5 Å². The van der Waals surface area contributed by atoms with Crippen LogP contribution in [0.3, 0.4) is 0 Å². The second-order valence-corrected chi connectivity index (χ2v) is 7.21. The zero-order valence-electron chi connectivity index (χ0n) is 14.2. The van der Waals surface area contributed by atoms with Gasteiger partial charge in [0, 0.05) is 18.0 Å². The lowest BCUT2D eigenvalue weighted by atomic mass is 9.73. The van der Waals surface area contributed by atoms with Gasteiger partial charge in [0.25, 0.3) is 0 Å². The van der Waals surface area contributed by atoms with Crippen molar-refractivity contribution in [3.05, 3.63) is 47.1 Å². The van der Waals surface area contributed by atoms with Crippen LogP contribution in [0.4, 0.5) is 0 Å². The Labute approximate surface area is 138 Å². The molecule has 0 saturated carbocycles. The maximum absolute atomic E-state index is 10.6. The molecule has 3 nitrogen and oxygen atoms in total. The van der Waals surface area contributed by atoms with E-state index in [-0.39, 0.29) is 23.3 Å². The van der Waals surface area contributed by atoms with Gasteiger partial charge in [-0.2, -0.15) is 0 Å². The Morgan fingerprint density at radius 2 is 1.91 bits per heavy atom. The van der Waals surface area contributed by atoms with Gasteiger partial charge in [0.15, 0.2) is 0 Å². The quantitative estimate of drug-likeness (QED) is 0.814. The van der Waals surface area contributed by atoms with E-state index in [0.29, 0.717) is 5.56 Å². The van der Waals surface area contributed by atoms with Gasteiger partial charge in [0.2, 0.25) is 0 Å². The molecule has 1 saturated heterocycles. The van der Waals surface area contributed by atoms with Crippen LogP contribution in [-0.2, 0) is 6.54 Å². The van der Waals surface area contributed by atoms with Gasteiger partial charge in [-0.1, -0.05) is 23.8 Å². The van der Waals surface area contributed by atoms with Crippen LogP contribution in [0.1, 0.15) is 50.2 Å². The third kappa shape index (κ3) is 3.30. The van der Waals surface area contributed by atoms with Crippen molar-refractivity contribution < 1.29 is 10.2 Å². The van der Waals surface area contributed by atoms with Crippen LogP contribution in [0.2, 0.25) is 0 Å². The molecular weight excluding hydrogens is 286 g/mol. The number of rotatable bonds is 4. The summed E-state index contributed by atoms with van der Waals surface area (Å²) in [6, 6.07) is 3.64. The molecular formula is C20H27NO2. The maximum atomic E-state index is 10.6. The summed E-state index contributed by atoms with van der Waals surface area (Å²) in [5, 5.41) is 21.2. The minimum atomic E-state index is 0.0132. The van der Waals surface area contributed by atoms with Crippen LogP contribution >= 0.6 is 0 Å². The molecule has 1 aliphatic carbocycles. The van der Waals surface area contributed by atoms with Gasteiger partial charge in [0.1, 0.15) is 11.5 Å². The number of hydrogen-bond donors (Lipinski definition) is 2. The van der Waals surface area contributed by atoms with Crippen LogP contribution in [0, 0.1) is 5.92 Å². The topological polar surface area (TPSA) is 43.7 Å². The summed E-state index contributed by atoms with van der Waals surface area (Å²) >= 11 is 0. The van der Waals surface area contributed by atoms with E-state index in [1.807, 2.05) is 19.1 Å². The molecule has 1 aromatic carbocycles. The summed E-state index contributed by atoms with van der Waals surface area (Å²) in [5.41, 5.74) is 4.06. The number of likely N-dealkylation sites (tertiary alicyclic amines) is 1. The summed E-state index contributed by atoms with van der Waals surface area (Å²) in [6.45, 7) is 11.3. The third-order valence-corrected chi connectivity index (χ3v) is 5.26. The highest BCUT2D eigenvalue weighted by Crippen LogP contribution is 2.46. The Morgan fingerprint density at radius 3 is 2.43 bits per heavy atom. The van der Waals surface area contributed by atoms with E-state index < -0.39 is 0 Å². The minimum absolute atomic E-state index is 0.0132. The smallest absolute Gasteiger partial charge is 0.123 e. The molecule has 1 heterocycles. The first kappa shape index (κ1) is 16.1. The van der Waals surface area contributed by atoms with E-state index in [1.165, 1.54) is 12.0 Å². The first-order chi connectivity index (χ1) is 11.0. The molecule has 0 unspecified atom stereocenters. The molecule has 1 aromatic rings. The van der Waals surface area contributed by atoms with Crippen molar-refractivity contribution in [2.75, 3.05) is 13.1 Å². The van der Waals surface area contributed by atoms with E-state index in [2.05, 4.69) is 24.5 Å². The summed E-state index contributed by atoms with van der Waals surface area (Å²) in [7, 11) is 0. The highest BCUT2D eigenvalue weighted by Gasteiger charge is 2.30. The van der Waals surface area contributed by atoms with Crippen molar-refractivity contribution in [2.24, 2.45) is 5.92 Å². The molecule has 23 heavy (non-hydrogen) atoms. The van der Waals surface area contributed by atoms with E-state index in [1.54, 1.807) is 0 Å². The van der Waals surface area contributed by atoms with Crippen molar-refractivity contribution >= 4 is 0 Å². The number of phenols is 2. The van der Waals surface area contributed by atoms with Gasteiger partial charge in [0.05, 0.1) is 0 Å². The van der Waals surface area contributed by atoms with Gasteiger partial charge in [-0.15, -0.1) is 0 Å². The second-order valence-electron chi connectivity index (χ2n) is 7.21. The maximum Gasteiger partial charge on any atom is 0.123 e. The molecule has 1 fully saturated rings. The fraction of sp³-hybridized carbons (Fsp3) is 0.500. The third-order valence-electron chi connectivity index (χ3n) is 5.26. The monoisotopic (exact) mass is 313 g/mol. The van der Waals surface area contributed by atoms with Crippen molar-refractivity contribution in [1.29, 1.82) is 0 Å². The van der Waals surface area contributed by atoms with Gasteiger partial charge < -0.3 is 10.2 Å². The van der Waals surface area contributed by atoms with Crippen molar-refractivity contribution in [3.8, 4) is 11.5 Å². The standard InChI is InChI=1S/C20H27NO2/c1-13(2)16-6-5-14(3)9-17(16)20-18(22)10-15(11-19(20)23)12-21-7-4-8-21/h9-11,16-17,22-23H,1,4-8,12H2,2-3H3/t16-,17+/m0/s1. The van der Waals surface area contributed by atoms with E-state index in [0.717, 1.165) is 43.6 Å². The summed E-state index contributed by atoms with van der Waals surface area (Å²) < 4.78 is 0. The molecule has 0 radical (unpaired) electrons. The minimum Gasteiger partial charge on any atom is -0.507 e. The number of hydrogen-bond acceptors (Lipinski definition) is 3. The Morgan fingerprint density at radius 1 is 1.26 bits per heavy atom. The molecule has 2 aliphatic rings. The lowest BCUT2D eigenvalue weighted by Crippen LogP contribution is -2.36. The largest absolute Gasteiger partial charge is 0.507 e. The first-order valence-electron chi connectivity index (χ1n) is 8.55. The molecule has 0 spiro atoms. The predicted octanol–water partition coefficient (Wildman–Crippen LogP) is 4.32. The van der Waals surface area contributed by atoms with Gasteiger partial charge >= 0.3 is 0 Å². The molecule has 0 aromatic heterocycles. The van der Waals surface area contributed by atoms with Crippen molar-refractivity contribution in [3.63, 3.8) is 0 Å². The van der Waals surface area contributed by atoms with Crippen LogP contribution in [0.15, 0.2) is 35.9 Å². The summed E-state index contributed by atoms with van der Waals surface area (Å²) in [6.07, 6.45) is 5.51. The molecule has 3 heteroatoms. The SMILES string of the molecule is C=C(C)[C@@H]1CCC(C)=C[C@H]1c1c(O)cc(CN2CCC2)cc1O. The number of benzene rings is 1. The van der Waals surface area contributed by atoms with E-state index in [4.69, 9.17) is 0 Å². The fourth-order valence-electron chi connectivity index (χ4n) is 3.82. The van der Waals surface area contributed by atoms with Crippen LogP contribution < -0.4 is 0 Å². The molecule has 3 rings (SSSR count). The summed E-state index contributed by atoms with van der Waals surface area (Å²) in [5.74, 6) is 0.710. The first-order valence-corrected chi connectivity index (χ1v) is 8.55. The lowest BCUT2D eigenvalue weighted by molar-refractivity contribution is 0.172. The fourth-order valence-corrected chi connectivity index (χ4v) is 3.82. The molecule has 1 aliphatic heterocycles. The molecule has 124 valence electrons. The van der Waals surface area contributed by atoms with Crippen molar-refractivity contribution in [1.82, 2.24) is 4.90 Å². The number of phenolic OH excluding ortho intramolecular Hbond substituents is 2. The Kier molecular flexibility index (Phi) is 4.49. The van der Waals surface area contributed by atoms with Crippen molar-refractivity contribution in [2.45, 2.75) is 45.6 Å². The lowest BCUT2D eigenvalue weighted by Gasteiger charge is -2.32. The normalized spacial score (nSPS) is 24.9. The Balaban J connectivity index is 1.94. The molecule has 2 atom stereocenters. The van der Waals surface area contributed by atoms with Crippen LogP contribution in [0.25, 0.3) is 0 Å². The van der Waals surface area contributed by atoms with E-state index in [9.17, 15) is 10.2 Å².